The highest BCUT2D eigenvalue weighted by Crippen LogP contribution is 2.18. The maximum atomic E-state index is 13.4. The summed E-state index contributed by atoms with van der Waals surface area (Å²) in [5.74, 6) is 0.169. The predicted molar refractivity (Wildman–Crippen MR) is 134 cm³/mol. The first-order valence-electron chi connectivity index (χ1n) is 11.0. The second-order valence-corrected chi connectivity index (χ2v) is 8.67. The number of carbonyl (C=O) groups excluding carboxylic acids is 2. The first-order valence-corrected chi connectivity index (χ1v) is 11.8. The minimum Gasteiger partial charge on any atom is -0.484 e. The van der Waals surface area contributed by atoms with Gasteiger partial charge in [-0.3, -0.25) is 9.59 Å². The Hall–Kier alpha value is -3.12. The number of hydrogen-bond acceptors (Lipinski definition) is 3. The zero-order valence-electron chi connectivity index (χ0n) is 19.0. The Balaban J connectivity index is 1.84. The molecule has 3 aromatic carbocycles. The average Bonchev–Trinajstić information content (AvgIpc) is 2.86. The monoisotopic (exact) mass is 508 g/mol. The van der Waals surface area contributed by atoms with Gasteiger partial charge in [0.1, 0.15) is 11.8 Å². The van der Waals surface area contributed by atoms with Crippen LogP contribution < -0.4 is 10.1 Å². The Morgan fingerprint density at radius 1 is 0.909 bits per heavy atom. The van der Waals surface area contributed by atoms with Crippen molar-refractivity contribution in [1.82, 2.24) is 10.2 Å². The third-order valence-corrected chi connectivity index (χ3v) is 6.01. The van der Waals surface area contributed by atoms with E-state index in [-0.39, 0.29) is 18.4 Å². The van der Waals surface area contributed by atoms with Crippen molar-refractivity contribution in [2.45, 2.75) is 32.4 Å². The lowest BCUT2D eigenvalue weighted by Crippen LogP contribution is -2.51. The molecule has 0 radical (unpaired) electrons. The molecule has 3 rings (SSSR count). The van der Waals surface area contributed by atoms with E-state index in [2.05, 4.69) is 28.2 Å². The van der Waals surface area contributed by atoms with Gasteiger partial charge in [0, 0.05) is 24.5 Å². The first kappa shape index (κ1) is 24.5. The zero-order valence-corrected chi connectivity index (χ0v) is 20.5. The van der Waals surface area contributed by atoms with Crippen molar-refractivity contribution in [3.63, 3.8) is 0 Å². The van der Waals surface area contributed by atoms with Gasteiger partial charge < -0.3 is 15.0 Å². The number of ether oxygens (including phenoxy) is 1. The lowest BCUT2D eigenvalue weighted by molar-refractivity contribution is -0.142. The highest BCUT2D eigenvalue weighted by atomic mass is 79.9. The van der Waals surface area contributed by atoms with Gasteiger partial charge in [-0.15, -0.1) is 0 Å². The molecule has 3 aromatic rings. The highest BCUT2D eigenvalue weighted by molar-refractivity contribution is 9.10. The van der Waals surface area contributed by atoms with E-state index >= 15 is 0 Å². The molecule has 0 fully saturated rings. The van der Waals surface area contributed by atoms with Crippen LogP contribution in [-0.4, -0.2) is 36.4 Å². The van der Waals surface area contributed by atoms with Crippen LogP contribution in [0, 0.1) is 0 Å². The Morgan fingerprint density at radius 2 is 1.55 bits per heavy atom. The number of halogens is 1. The van der Waals surface area contributed by atoms with Crippen molar-refractivity contribution in [1.29, 1.82) is 0 Å². The fraction of sp³-hybridized carbons (Fsp3) is 0.259. The molecule has 6 heteroatoms. The fourth-order valence-electron chi connectivity index (χ4n) is 3.56. The molecule has 172 valence electrons. The van der Waals surface area contributed by atoms with Crippen LogP contribution in [0.25, 0.3) is 0 Å². The summed E-state index contributed by atoms with van der Waals surface area (Å²) in [5, 5.41) is 2.72. The van der Waals surface area contributed by atoms with Crippen molar-refractivity contribution in [2.75, 3.05) is 13.7 Å². The molecule has 0 aliphatic rings. The van der Waals surface area contributed by atoms with E-state index in [0.29, 0.717) is 18.7 Å². The van der Waals surface area contributed by atoms with Gasteiger partial charge in [-0.05, 0) is 47.4 Å². The van der Waals surface area contributed by atoms with Crippen LogP contribution in [0.5, 0.6) is 5.75 Å². The molecule has 0 saturated heterocycles. The summed E-state index contributed by atoms with van der Waals surface area (Å²) in [6, 6.07) is 24.5. The molecule has 0 heterocycles. The Morgan fingerprint density at radius 3 is 2.15 bits per heavy atom. The molecule has 1 N–H and O–H groups in total. The molecule has 0 saturated carbocycles. The topological polar surface area (TPSA) is 58.6 Å². The summed E-state index contributed by atoms with van der Waals surface area (Å²) in [7, 11) is 1.59. The van der Waals surface area contributed by atoms with Gasteiger partial charge in [0.05, 0.1) is 0 Å². The molecule has 0 aromatic heterocycles. The molecule has 2 amide bonds. The van der Waals surface area contributed by atoms with E-state index in [1.807, 2.05) is 78.9 Å². The first-order chi connectivity index (χ1) is 16.0. The third kappa shape index (κ3) is 7.19. The zero-order chi connectivity index (χ0) is 23.6. The van der Waals surface area contributed by atoms with Crippen molar-refractivity contribution in [2.24, 2.45) is 0 Å². The van der Waals surface area contributed by atoms with Gasteiger partial charge in [0.15, 0.2) is 6.61 Å². The second-order valence-electron chi connectivity index (χ2n) is 7.75. The number of carbonyl (C=O) groups is 2. The number of nitrogens with one attached hydrogen (secondary N) is 1. The molecule has 0 aliphatic heterocycles. The van der Waals surface area contributed by atoms with Gasteiger partial charge in [-0.2, -0.15) is 0 Å². The van der Waals surface area contributed by atoms with Gasteiger partial charge in [0.25, 0.3) is 5.91 Å². The SMILES string of the molecule is CCc1ccc(OCC(=O)N(Cc2ccc(Br)cc2)C(Cc2ccccc2)C(=O)NC)cc1. The lowest BCUT2D eigenvalue weighted by atomic mass is 10.0. The van der Waals surface area contributed by atoms with Crippen LogP contribution in [0.15, 0.2) is 83.3 Å². The van der Waals surface area contributed by atoms with E-state index in [0.717, 1.165) is 22.0 Å². The maximum absolute atomic E-state index is 13.4. The summed E-state index contributed by atoms with van der Waals surface area (Å²) in [5.41, 5.74) is 3.12. The summed E-state index contributed by atoms with van der Waals surface area (Å²) in [6.07, 6.45) is 1.35. The molecular weight excluding hydrogens is 480 g/mol. The lowest BCUT2D eigenvalue weighted by Gasteiger charge is -2.31. The van der Waals surface area contributed by atoms with Gasteiger partial charge in [0.2, 0.25) is 5.91 Å². The van der Waals surface area contributed by atoms with Gasteiger partial charge in [-0.1, -0.05) is 77.5 Å². The predicted octanol–water partition coefficient (Wildman–Crippen LogP) is 4.78. The molecule has 1 atom stereocenters. The Labute approximate surface area is 203 Å². The van der Waals surface area contributed by atoms with Crippen LogP contribution in [0.3, 0.4) is 0 Å². The molecule has 0 bridgehead atoms. The molecule has 0 aliphatic carbocycles. The summed E-state index contributed by atoms with van der Waals surface area (Å²) in [6.45, 7) is 2.24. The van der Waals surface area contributed by atoms with Crippen LogP contribution >= 0.6 is 15.9 Å². The average molecular weight is 509 g/mol. The summed E-state index contributed by atoms with van der Waals surface area (Å²) in [4.78, 5) is 27.9. The third-order valence-electron chi connectivity index (χ3n) is 5.48. The van der Waals surface area contributed by atoms with Crippen molar-refractivity contribution < 1.29 is 14.3 Å². The van der Waals surface area contributed by atoms with E-state index < -0.39 is 6.04 Å². The Bertz CT molecular complexity index is 1040. The number of aryl methyl sites for hydroxylation is 1. The van der Waals surface area contributed by atoms with Gasteiger partial charge in [-0.25, -0.2) is 0 Å². The Kier molecular flexibility index (Phi) is 9.07. The van der Waals surface area contributed by atoms with Crippen LogP contribution in [-0.2, 0) is 29.0 Å². The standard InChI is InChI=1S/C27H29BrN2O3/c1-3-20-11-15-24(16-12-20)33-19-26(31)30(18-22-9-13-23(28)14-10-22)25(27(32)29-2)17-21-7-5-4-6-8-21/h4-16,25H,3,17-19H2,1-2H3,(H,29,32). The quantitative estimate of drug-likeness (QED) is 0.428. The van der Waals surface area contributed by atoms with Crippen molar-refractivity contribution in [3.8, 4) is 5.75 Å². The van der Waals surface area contributed by atoms with E-state index in [1.165, 1.54) is 5.56 Å². The number of amides is 2. The van der Waals surface area contributed by atoms with Crippen molar-refractivity contribution >= 4 is 27.7 Å². The van der Waals surface area contributed by atoms with E-state index in [1.54, 1.807) is 11.9 Å². The molecule has 5 nitrogen and oxygen atoms in total. The smallest absolute Gasteiger partial charge is 0.261 e. The van der Waals surface area contributed by atoms with Crippen LogP contribution in [0.1, 0.15) is 23.6 Å². The van der Waals surface area contributed by atoms with Crippen molar-refractivity contribution in [3.05, 3.63) is 100 Å². The highest BCUT2D eigenvalue weighted by Gasteiger charge is 2.30. The summed E-state index contributed by atoms with van der Waals surface area (Å²) >= 11 is 3.44. The number of nitrogens with zero attached hydrogens (tertiary/aromatic N) is 1. The fourth-order valence-corrected chi connectivity index (χ4v) is 3.82. The van der Waals surface area contributed by atoms with E-state index in [9.17, 15) is 9.59 Å². The molecular formula is C27H29BrN2O3. The number of rotatable bonds is 10. The number of benzene rings is 3. The molecule has 33 heavy (non-hydrogen) atoms. The molecule has 0 spiro atoms. The van der Waals surface area contributed by atoms with Crippen LogP contribution in [0.2, 0.25) is 0 Å². The van der Waals surface area contributed by atoms with Crippen LogP contribution in [0.4, 0.5) is 0 Å². The number of hydrogen-bond donors (Lipinski definition) is 1. The summed E-state index contributed by atoms with van der Waals surface area (Å²) < 4.78 is 6.74. The van der Waals surface area contributed by atoms with E-state index in [4.69, 9.17) is 4.74 Å². The largest absolute Gasteiger partial charge is 0.484 e. The normalized spacial score (nSPS) is 11.5. The minimum absolute atomic E-state index is 0.149. The molecule has 1 unspecified atom stereocenters. The number of likely N-dealkylation sites (N-methyl/N-ethyl adjacent to an activating group) is 1. The maximum Gasteiger partial charge on any atom is 0.261 e. The minimum atomic E-state index is -0.667. The van der Waals surface area contributed by atoms with Gasteiger partial charge >= 0.3 is 0 Å². The second kappa shape index (κ2) is 12.2.